The van der Waals surface area contributed by atoms with Crippen LogP contribution < -0.4 is 9.47 Å². The van der Waals surface area contributed by atoms with Gasteiger partial charge in [0.25, 0.3) is 0 Å². The van der Waals surface area contributed by atoms with Crippen molar-refractivity contribution in [1.29, 1.82) is 0 Å². The van der Waals surface area contributed by atoms with Crippen molar-refractivity contribution in [2.24, 2.45) is 0 Å². The molecule has 0 radical (unpaired) electrons. The molecule has 0 spiro atoms. The lowest BCUT2D eigenvalue weighted by molar-refractivity contribution is 0.0590. The Morgan fingerprint density at radius 3 is 2.52 bits per heavy atom. The zero-order valence-electron chi connectivity index (χ0n) is 18.2. The molecule has 0 N–H and O–H groups in total. The van der Waals surface area contributed by atoms with Crippen LogP contribution in [0.15, 0.2) is 77.8 Å². The summed E-state index contributed by atoms with van der Waals surface area (Å²) in [4.78, 5) is 17.5. The van der Waals surface area contributed by atoms with Gasteiger partial charge in [0.05, 0.1) is 19.7 Å². The molecule has 7 heteroatoms. The maximum Gasteiger partial charge on any atom is 0.344 e. The molecule has 0 amide bonds. The molecule has 0 aliphatic rings. The van der Waals surface area contributed by atoms with Crippen molar-refractivity contribution in [1.82, 2.24) is 4.98 Å². The average molecular weight is 464 g/mol. The maximum atomic E-state index is 13.3. The van der Waals surface area contributed by atoms with Crippen molar-refractivity contribution >= 4 is 28.6 Å². The van der Waals surface area contributed by atoms with E-state index in [4.69, 9.17) is 19.2 Å². The fraction of sp³-hybridized carbons (Fsp3) is 0.154. The second-order valence-corrected chi connectivity index (χ2v) is 8.15. The summed E-state index contributed by atoms with van der Waals surface area (Å²) in [5.41, 5.74) is 2.77. The topological polar surface area (TPSA) is 57.7 Å². The highest BCUT2D eigenvalue weighted by Gasteiger charge is 2.24. The lowest BCUT2D eigenvalue weighted by Crippen LogP contribution is -2.10. The molecule has 33 heavy (non-hydrogen) atoms. The van der Waals surface area contributed by atoms with Gasteiger partial charge in [0.2, 0.25) is 0 Å². The average Bonchev–Trinajstić information content (AvgIpc) is 2.86. The molecule has 0 fully saturated rings. The van der Waals surface area contributed by atoms with Crippen LogP contribution in [-0.2, 0) is 17.1 Å². The Morgan fingerprint density at radius 2 is 1.76 bits per heavy atom. The number of carbonyl (C=O) groups is 1. The number of para-hydroxylation sites is 1. The smallest absolute Gasteiger partial charge is 0.344 e. The van der Waals surface area contributed by atoms with Crippen molar-refractivity contribution in [2.45, 2.75) is 17.4 Å². The molecule has 4 rings (SSSR count). The minimum atomic E-state index is -0.532. The number of rotatable bonds is 8. The van der Waals surface area contributed by atoms with Crippen molar-refractivity contribution in [3.05, 3.63) is 95.3 Å². The van der Waals surface area contributed by atoms with E-state index in [2.05, 4.69) is 0 Å². The van der Waals surface area contributed by atoms with Gasteiger partial charge in [-0.05, 0) is 47.5 Å². The molecule has 168 valence electrons. The Labute approximate surface area is 195 Å². The van der Waals surface area contributed by atoms with Crippen LogP contribution in [0.2, 0.25) is 0 Å². The molecule has 1 aromatic heterocycles. The lowest BCUT2D eigenvalue weighted by atomic mass is 10.1. The van der Waals surface area contributed by atoms with Gasteiger partial charge in [-0.1, -0.05) is 36.4 Å². The molecule has 0 aliphatic carbocycles. The SMILES string of the molecule is COC(=O)c1c(SCc2ccc(F)cc2)nc2ccccc2c1OCc1cccc(OC)c1. The first-order valence-corrected chi connectivity index (χ1v) is 11.2. The molecule has 0 atom stereocenters. The molecule has 1 heterocycles. The van der Waals surface area contributed by atoms with Crippen LogP contribution in [-0.4, -0.2) is 25.2 Å². The number of hydrogen-bond acceptors (Lipinski definition) is 6. The summed E-state index contributed by atoms with van der Waals surface area (Å²) in [6.07, 6.45) is 0. The number of esters is 1. The largest absolute Gasteiger partial charge is 0.497 e. The van der Waals surface area contributed by atoms with Crippen LogP contribution in [0.25, 0.3) is 10.9 Å². The number of ether oxygens (including phenoxy) is 3. The number of fused-ring (bicyclic) bond motifs is 1. The van der Waals surface area contributed by atoms with Crippen LogP contribution >= 0.6 is 11.8 Å². The van der Waals surface area contributed by atoms with Crippen LogP contribution in [0.3, 0.4) is 0 Å². The first-order valence-electron chi connectivity index (χ1n) is 10.2. The van der Waals surface area contributed by atoms with E-state index in [1.165, 1.54) is 31.0 Å². The number of pyridine rings is 1. The van der Waals surface area contributed by atoms with Gasteiger partial charge in [-0.15, -0.1) is 11.8 Å². The van der Waals surface area contributed by atoms with Gasteiger partial charge in [0.15, 0.2) is 0 Å². The summed E-state index contributed by atoms with van der Waals surface area (Å²) >= 11 is 1.37. The zero-order valence-corrected chi connectivity index (χ0v) is 19.0. The summed E-state index contributed by atoms with van der Waals surface area (Å²) in [6, 6.07) is 21.3. The Kier molecular flexibility index (Phi) is 7.10. The van der Waals surface area contributed by atoms with Gasteiger partial charge < -0.3 is 14.2 Å². The van der Waals surface area contributed by atoms with E-state index in [-0.39, 0.29) is 18.0 Å². The third-order valence-electron chi connectivity index (χ3n) is 5.01. The Bertz CT molecular complexity index is 1280. The monoisotopic (exact) mass is 463 g/mol. The maximum absolute atomic E-state index is 13.3. The molecule has 0 bridgehead atoms. The summed E-state index contributed by atoms with van der Waals surface area (Å²) in [5.74, 6) is 0.813. The summed E-state index contributed by atoms with van der Waals surface area (Å²) in [6.45, 7) is 0.233. The molecule has 5 nitrogen and oxygen atoms in total. The number of methoxy groups -OCH3 is 2. The summed E-state index contributed by atoms with van der Waals surface area (Å²) < 4.78 is 29.8. The fourth-order valence-corrected chi connectivity index (χ4v) is 4.33. The number of carbonyl (C=O) groups excluding carboxylic acids is 1. The van der Waals surface area contributed by atoms with Crippen molar-refractivity contribution in [3.8, 4) is 11.5 Å². The minimum absolute atomic E-state index is 0.233. The predicted octanol–water partition coefficient (Wildman–Crippen LogP) is 6.04. The van der Waals surface area contributed by atoms with E-state index >= 15 is 0 Å². The molecular formula is C26H22FNO4S. The second kappa shape index (κ2) is 10.4. The normalized spacial score (nSPS) is 10.8. The van der Waals surface area contributed by atoms with E-state index < -0.39 is 5.97 Å². The lowest BCUT2D eigenvalue weighted by Gasteiger charge is -2.16. The first kappa shape index (κ1) is 22.6. The molecule has 0 unspecified atom stereocenters. The predicted molar refractivity (Wildman–Crippen MR) is 126 cm³/mol. The minimum Gasteiger partial charge on any atom is -0.497 e. The quantitative estimate of drug-likeness (QED) is 0.235. The number of benzene rings is 3. The van der Waals surface area contributed by atoms with E-state index in [0.29, 0.717) is 27.4 Å². The molecule has 0 aliphatic heterocycles. The number of nitrogens with zero attached hydrogens (tertiary/aromatic N) is 1. The molecule has 3 aromatic carbocycles. The Balaban J connectivity index is 1.73. The van der Waals surface area contributed by atoms with Crippen LogP contribution in [0.5, 0.6) is 11.5 Å². The van der Waals surface area contributed by atoms with Gasteiger partial charge in [0, 0.05) is 11.1 Å². The van der Waals surface area contributed by atoms with Crippen LogP contribution in [0, 0.1) is 5.82 Å². The first-order chi connectivity index (χ1) is 16.1. The number of aromatic nitrogens is 1. The van der Waals surface area contributed by atoms with E-state index in [9.17, 15) is 9.18 Å². The highest BCUT2D eigenvalue weighted by molar-refractivity contribution is 7.98. The molecule has 0 saturated heterocycles. The van der Waals surface area contributed by atoms with Gasteiger partial charge in [-0.2, -0.15) is 0 Å². The van der Waals surface area contributed by atoms with Crippen LogP contribution in [0.1, 0.15) is 21.5 Å². The van der Waals surface area contributed by atoms with Gasteiger partial charge >= 0.3 is 5.97 Å². The molecular weight excluding hydrogens is 441 g/mol. The molecule has 0 saturated carbocycles. The third kappa shape index (κ3) is 5.26. The van der Waals surface area contributed by atoms with Crippen molar-refractivity contribution in [2.75, 3.05) is 14.2 Å². The van der Waals surface area contributed by atoms with Crippen molar-refractivity contribution < 1.29 is 23.4 Å². The fourth-order valence-electron chi connectivity index (χ4n) is 3.35. The Morgan fingerprint density at radius 1 is 0.970 bits per heavy atom. The summed E-state index contributed by atoms with van der Waals surface area (Å²) in [7, 11) is 2.94. The third-order valence-corrected chi connectivity index (χ3v) is 6.05. The van der Waals surface area contributed by atoms with Gasteiger partial charge in [-0.25, -0.2) is 14.2 Å². The van der Waals surface area contributed by atoms with E-state index in [0.717, 1.165) is 16.9 Å². The highest BCUT2D eigenvalue weighted by atomic mass is 32.2. The van der Waals surface area contributed by atoms with E-state index in [1.807, 2.05) is 48.5 Å². The van der Waals surface area contributed by atoms with Crippen molar-refractivity contribution in [3.63, 3.8) is 0 Å². The van der Waals surface area contributed by atoms with Crippen LogP contribution in [0.4, 0.5) is 4.39 Å². The Hall–Kier alpha value is -3.58. The number of thioether (sulfide) groups is 1. The van der Waals surface area contributed by atoms with E-state index in [1.54, 1.807) is 19.2 Å². The number of hydrogen-bond donors (Lipinski definition) is 0. The highest BCUT2D eigenvalue weighted by Crippen LogP contribution is 2.37. The second-order valence-electron chi connectivity index (χ2n) is 7.19. The number of halogens is 1. The van der Waals surface area contributed by atoms with Gasteiger partial charge in [-0.3, -0.25) is 0 Å². The summed E-state index contributed by atoms with van der Waals surface area (Å²) in [5, 5.41) is 1.21. The van der Waals surface area contributed by atoms with Gasteiger partial charge in [0.1, 0.15) is 34.5 Å². The molecule has 4 aromatic rings. The zero-order chi connectivity index (χ0) is 23.2. The standard InChI is InChI=1S/C26H22FNO4S/c1-30-20-7-5-6-18(14-20)15-32-24-21-8-3-4-9-22(21)28-25(23(24)26(29)31-2)33-16-17-10-12-19(27)13-11-17/h3-14H,15-16H2,1-2H3.